The van der Waals surface area contributed by atoms with E-state index in [9.17, 15) is 9.90 Å². The Balaban J connectivity index is 2.02. The summed E-state index contributed by atoms with van der Waals surface area (Å²) in [5, 5.41) is 9.24. The number of nitrogens with two attached hydrogens (primary N) is 1. The highest BCUT2D eigenvalue weighted by atomic mass is 16.4. The fraction of sp³-hybridized carbons (Fsp3) is 0.760. The molecule has 1 heterocycles. The van der Waals surface area contributed by atoms with Crippen LogP contribution >= 0.6 is 0 Å². The van der Waals surface area contributed by atoms with E-state index in [1.165, 1.54) is 70.6 Å². The van der Waals surface area contributed by atoms with Gasteiger partial charge in [0.1, 0.15) is 12.7 Å². The fourth-order valence-electron chi connectivity index (χ4n) is 4.16. The number of hydrogen-bond donors (Lipinski definition) is 2. The van der Waals surface area contributed by atoms with Crippen molar-refractivity contribution in [2.75, 3.05) is 19.6 Å². The molecule has 0 aromatic heterocycles. The lowest BCUT2D eigenvalue weighted by molar-refractivity contribution is -0.778. The molecule has 5 nitrogen and oxygen atoms in total. The highest BCUT2D eigenvalue weighted by Crippen LogP contribution is 2.20. The molecular formula is C25H46N3O2+. The predicted molar refractivity (Wildman–Crippen MR) is 127 cm³/mol. The van der Waals surface area contributed by atoms with Crippen LogP contribution in [0.4, 0.5) is 0 Å². The maximum Gasteiger partial charge on any atom is 0.360 e. The van der Waals surface area contributed by atoms with Gasteiger partial charge in [-0.15, -0.1) is 0 Å². The second-order valence-corrected chi connectivity index (χ2v) is 8.63. The maximum atomic E-state index is 11.2. The number of carboxylic acid groups (broad SMARTS) is 1. The Hall–Kier alpha value is -1.46. The van der Waals surface area contributed by atoms with Gasteiger partial charge in [-0.1, -0.05) is 76.9 Å². The van der Waals surface area contributed by atoms with Gasteiger partial charge in [0.2, 0.25) is 5.84 Å². The van der Waals surface area contributed by atoms with Crippen LogP contribution in [0.3, 0.4) is 0 Å². The molecule has 1 unspecified atom stereocenters. The summed E-state index contributed by atoms with van der Waals surface area (Å²) in [4.78, 5) is 15.7. The van der Waals surface area contributed by atoms with Crippen molar-refractivity contribution in [3.05, 3.63) is 24.6 Å². The minimum absolute atomic E-state index is 0.0330. The standard InChI is InChI=1S/C25H45N3O2/c1-2-3-4-5-6-7-8-9-10-11-12-13-14-15-16-17-18-24-27-20-22-28(24,21-19-26)23-25(29)30/h13-14,20,22H,2-12,15-19,21,23,26H2,1H3/p+1/b14-13+. The molecule has 1 aliphatic heterocycles. The molecule has 1 aliphatic rings. The molecule has 5 heteroatoms. The largest absolute Gasteiger partial charge is 0.477 e. The van der Waals surface area contributed by atoms with Gasteiger partial charge in [-0.25, -0.2) is 14.3 Å². The van der Waals surface area contributed by atoms with E-state index in [0.29, 0.717) is 17.6 Å². The molecule has 0 aromatic rings. The van der Waals surface area contributed by atoms with E-state index in [1.807, 2.05) is 6.20 Å². The Morgan fingerprint density at radius 2 is 1.53 bits per heavy atom. The lowest BCUT2D eigenvalue weighted by Crippen LogP contribution is -2.52. The molecule has 0 saturated heterocycles. The SMILES string of the molecule is CCCCCCCCCCCC/C=C/CCCCC1=NC=C[N+]1(CCN)CC(=O)O. The summed E-state index contributed by atoms with van der Waals surface area (Å²) in [6.07, 6.45) is 27.4. The molecule has 0 amide bonds. The van der Waals surface area contributed by atoms with Crippen LogP contribution in [0.2, 0.25) is 0 Å². The first-order valence-electron chi connectivity index (χ1n) is 12.3. The summed E-state index contributed by atoms with van der Waals surface area (Å²) in [7, 11) is 0. The van der Waals surface area contributed by atoms with Crippen LogP contribution in [0.15, 0.2) is 29.5 Å². The first-order valence-corrected chi connectivity index (χ1v) is 12.3. The summed E-state index contributed by atoms with van der Waals surface area (Å²) in [6, 6.07) is 0. The van der Waals surface area contributed by atoms with Gasteiger partial charge in [0, 0.05) is 13.0 Å². The third-order valence-corrected chi connectivity index (χ3v) is 5.95. The van der Waals surface area contributed by atoms with Gasteiger partial charge >= 0.3 is 5.97 Å². The molecule has 1 atom stereocenters. The zero-order valence-electron chi connectivity index (χ0n) is 19.4. The number of rotatable bonds is 20. The van der Waals surface area contributed by atoms with Crippen molar-refractivity contribution in [3.8, 4) is 0 Å². The summed E-state index contributed by atoms with van der Waals surface area (Å²) < 4.78 is 0.292. The zero-order chi connectivity index (χ0) is 21.9. The highest BCUT2D eigenvalue weighted by molar-refractivity contribution is 5.81. The van der Waals surface area contributed by atoms with Crippen LogP contribution in [0, 0.1) is 0 Å². The molecule has 172 valence electrons. The van der Waals surface area contributed by atoms with Crippen LogP contribution in [0.5, 0.6) is 0 Å². The number of aliphatic carboxylic acids is 1. The van der Waals surface area contributed by atoms with Crippen molar-refractivity contribution in [3.63, 3.8) is 0 Å². The number of unbranched alkanes of at least 4 members (excludes halogenated alkanes) is 12. The van der Waals surface area contributed by atoms with Crippen molar-refractivity contribution in [1.29, 1.82) is 0 Å². The van der Waals surface area contributed by atoms with E-state index in [1.54, 1.807) is 6.20 Å². The Morgan fingerprint density at radius 3 is 2.10 bits per heavy atom. The number of amidine groups is 1. The summed E-state index contributed by atoms with van der Waals surface area (Å²) in [5.74, 6) is 0.134. The Morgan fingerprint density at radius 1 is 0.967 bits per heavy atom. The number of aliphatic imine (C=N–C) groups is 1. The van der Waals surface area contributed by atoms with Crippen LogP contribution < -0.4 is 5.73 Å². The van der Waals surface area contributed by atoms with Crippen molar-refractivity contribution >= 4 is 11.8 Å². The number of quaternary nitrogens is 1. The molecule has 30 heavy (non-hydrogen) atoms. The van der Waals surface area contributed by atoms with Gasteiger partial charge in [-0.05, 0) is 32.1 Å². The van der Waals surface area contributed by atoms with Crippen molar-refractivity contribution in [2.24, 2.45) is 10.7 Å². The third-order valence-electron chi connectivity index (χ3n) is 5.95. The molecule has 0 bridgehead atoms. The third kappa shape index (κ3) is 11.7. The second-order valence-electron chi connectivity index (χ2n) is 8.63. The molecular weight excluding hydrogens is 374 g/mol. The normalized spacial score (nSPS) is 18.4. The second kappa shape index (κ2) is 17.2. The molecule has 0 saturated carbocycles. The monoisotopic (exact) mass is 420 g/mol. The summed E-state index contributed by atoms with van der Waals surface area (Å²) in [6.45, 7) is 3.36. The Kier molecular flexibility index (Phi) is 15.3. The highest BCUT2D eigenvalue weighted by Gasteiger charge is 2.36. The number of carboxylic acids is 1. The van der Waals surface area contributed by atoms with E-state index in [4.69, 9.17) is 5.73 Å². The van der Waals surface area contributed by atoms with Gasteiger partial charge in [0.15, 0.2) is 6.54 Å². The predicted octanol–water partition coefficient (Wildman–Crippen LogP) is 6.16. The minimum Gasteiger partial charge on any atom is -0.477 e. The average molecular weight is 421 g/mol. The lowest BCUT2D eigenvalue weighted by Gasteiger charge is -2.30. The van der Waals surface area contributed by atoms with Crippen molar-refractivity contribution < 1.29 is 14.4 Å². The van der Waals surface area contributed by atoms with E-state index in [2.05, 4.69) is 24.1 Å². The number of carbonyl (C=O) groups is 1. The smallest absolute Gasteiger partial charge is 0.360 e. The van der Waals surface area contributed by atoms with E-state index >= 15 is 0 Å². The topological polar surface area (TPSA) is 75.7 Å². The molecule has 0 aliphatic carbocycles. The summed E-state index contributed by atoms with van der Waals surface area (Å²) in [5.41, 5.74) is 5.72. The molecule has 0 spiro atoms. The average Bonchev–Trinajstić information content (AvgIpc) is 3.09. The molecule has 0 aromatic carbocycles. The van der Waals surface area contributed by atoms with Crippen LogP contribution in [-0.4, -0.2) is 41.0 Å². The molecule has 0 fully saturated rings. The quantitative estimate of drug-likeness (QED) is 0.141. The first kappa shape index (κ1) is 26.6. The van der Waals surface area contributed by atoms with Crippen LogP contribution in [-0.2, 0) is 4.79 Å². The van der Waals surface area contributed by atoms with Crippen molar-refractivity contribution in [2.45, 2.75) is 103 Å². The van der Waals surface area contributed by atoms with E-state index in [0.717, 1.165) is 31.5 Å². The number of allylic oxidation sites excluding steroid dienone is 2. The Bertz CT molecular complexity index is 543. The summed E-state index contributed by atoms with van der Waals surface area (Å²) >= 11 is 0. The first-order chi connectivity index (χ1) is 14.6. The van der Waals surface area contributed by atoms with Crippen LogP contribution in [0.1, 0.15) is 103 Å². The molecule has 3 N–H and O–H groups in total. The Labute approximate surface area is 184 Å². The van der Waals surface area contributed by atoms with Gasteiger partial charge in [-0.3, -0.25) is 0 Å². The number of hydrogen-bond acceptors (Lipinski definition) is 3. The van der Waals surface area contributed by atoms with Gasteiger partial charge in [0.25, 0.3) is 0 Å². The molecule has 1 rings (SSSR count). The molecule has 0 radical (unpaired) electrons. The number of nitrogens with zero attached hydrogens (tertiary/aromatic N) is 2. The van der Waals surface area contributed by atoms with Gasteiger partial charge < -0.3 is 10.8 Å². The fourth-order valence-corrected chi connectivity index (χ4v) is 4.16. The van der Waals surface area contributed by atoms with Gasteiger partial charge in [-0.2, -0.15) is 0 Å². The lowest BCUT2D eigenvalue weighted by atomic mass is 10.1. The maximum absolute atomic E-state index is 11.2. The van der Waals surface area contributed by atoms with E-state index in [-0.39, 0.29) is 6.54 Å². The minimum atomic E-state index is -0.808. The van der Waals surface area contributed by atoms with Crippen LogP contribution in [0.25, 0.3) is 0 Å². The van der Waals surface area contributed by atoms with Crippen molar-refractivity contribution in [1.82, 2.24) is 0 Å². The zero-order valence-corrected chi connectivity index (χ0v) is 19.4. The van der Waals surface area contributed by atoms with E-state index < -0.39 is 5.97 Å². The van der Waals surface area contributed by atoms with Gasteiger partial charge in [0.05, 0.1) is 6.20 Å².